The molecule has 0 saturated carbocycles. The number of aliphatic hydroxyl groups excluding tert-OH is 1. The Bertz CT molecular complexity index is 550. The number of anilines is 1. The summed E-state index contributed by atoms with van der Waals surface area (Å²) in [6.45, 7) is 0.150. The first-order valence-electron chi connectivity index (χ1n) is 5.86. The first-order chi connectivity index (χ1) is 9.66. The molecule has 0 spiro atoms. The third-order valence-electron chi connectivity index (χ3n) is 2.52. The largest absolute Gasteiger partial charge is 0.472 e. The second kappa shape index (κ2) is 6.53. The van der Waals surface area contributed by atoms with Crippen LogP contribution in [0.5, 0.6) is 0 Å². The van der Waals surface area contributed by atoms with E-state index in [0.717, 1.165) is 0 Å². The summed E-state index contributed by atoms with van der Waals surface area (Å²) in [5.41, 5.74) is 0.617. The summed E-state index contributed by atoms with van der Waals surface area (Å²) in [4.78, 5) is 22.9. The van der Waals surface area contributed by atoms with Crippen molar-refractivity contribution in [2.45, 2.75) is 12.5 Å². The highest BCUT2D eigenvalue weighted by molar-refractivity contribution is 6.39. The van der Waals surface area contributed by atoms with Crippen LogP contribution in [0.25, 0.3) is 0 Å². The summed E-state index contributed by atoms with van der Waals surface area (Å²) in [6, 6.07) is 3.04. The van der Waals surface area contributed by atoms with Gasteiger partial charge in [-0.25, -0.2) is 0 Å². The highest BCUT2D eigenvalue weighted by Crippen LogP contribution is 2.15. The molecule has 20 heavy (non-hydrogen) atoms. The fourth-order valence-electron chi connectivity index (χ4n) is 1.48. The summed E-state index contributed by atoms with van der Waals surface area (Å²) in [5, 5.41) is 17.8. The average molecular weight is 279 g/mol. The second-order valence-corrected chi connectivity index (χ2v) is 3.96. The smallest absolute Gasteiger partial charge is 0.314 e. The molecule has 0 aliphatic heterocycles. The van der Waals surface area contributed by atoms with E-state index in [4.69, 9.17) is 4.42 Å². The minimum Gasteiger partial charge on any atom is -0.472 e. The molecule has 0 radical (unpaired) electrons. The summed E-state index contributed by atoms with van der Waals surface area (Å²) < 4.78 is 9.34. The molecule has 0 saturated heterocycles. The molecular formula is C12H13N3O5. The Balaban J connectivity index is 1.71. The van der Waals surface area contributed by atoms with Gasteiger partial charge in [0, 0.05) is 18.2 Å². The van der Waals surface area contributed by atoms with Crippen molar-refractivity contribution in [1.29, 1.82) is 0 Å². The van der Waals surface area contributed by atoms with Crippen LogP contribution < -0.4 is 10.6 Å². The number of nitrogens with one attached hydrogen (secondary N) is 2. The SMILES string of the molecule is O=C(NCC[C@@H](O)c1ccoc1)C(=O)Nc1ccon1. The number of carbonyl (C=O) groups excluding carboxylic acids is 2. The lowest BCUT2D eigenvalue weighted by molar-refractivity contribution is -0.136. The van der Waals surface area contributed by atoms with Crippen LogP contribution in [-0.2, 0) is 9.59 Å². The van der Waals surface area contributed by atoms with Crippen molar-refractivity contribution >= 4 is 17.6 Å². The fraction of sp³-hybridized carbons (Fsp3) is 0.250. The quantitative estimate of drug-likeness (QED) is 0.684. The maximum atomic E-state index is 11.5. The maximum Gasteiger partial charge on any atom is 0.314 e. The number of furan rings is 1. The summed E-state index contributed by atoms with van der Waals surface area (Å²) in [6.07, 6.45) is 3.65. The minimum absolute atomic E-state index is 0.150. The molecule has 0 aliphatic rings. The van der Waals surface area contributed by atoms with Gasteiger partial charge in [0.2, 0.25) is 0 Å². The number of aliphatic hydroxyl groups is 1. The van der Waals surface area contributed by atoms with Crippen molar-refractivity contribution in [3.05, 3.63) is 36.5 Å². The zero-order chi connectivity index (χ0) is 14.4. The molecule has 0 aliphatic carbocycles. The van der Waals surface area contributed by atoms with E-state index in [9.17, 15) is 14.7 Å². The first kappa shape index (κ1) is 13.8. The molecule has 0 unspecified atom stereocenters. The van der Waals surface area contributed by atoms with E-state index < -0.39 is 17.9 Å². The summed E-state index contributed by atoms with van der Waals surface area (Å²) in [5.74, 6) is -1.51. The number of carbonyl (C=O) groups is 2. The Kier molecular flexibility index (Phi) is 4.51. The molecule has 2 aromatic heterocycles. The number of hydrogen-bond donors (Lipinski definition) is 3. The Morgan fingerprint density at radius 2 is 2.15 bits per heavy atom. The van der Waals surface area contributed by atoms with Crippen molar-refractivity contribution in [2.75, 3.05) is 11.9 Å². The molecule has 0 bridgehead atoms. The molecule has 1 atom stereocenters. The van der Waals surface area contributed by atoms with E-state index in [1.165, 1.54) is 24.9 Å². The average Bonchev–Trinajstić information content (AvgIpc) is 3.11. The van der Waals surface area contributed by atoms with Gasteiger partial charge in [0.1, 0.15) is 6.26 Å². The number of aromatic nitrogens is 1. The van der Waals surface area contributed by atoms with Gasteiger partial charge in [0.25, 0.3) is 0 Å². The zero-order valence-corrected chi connectivity index (χ0v) is 10.4. The van der Waals surface area contributed by atoms with Crippen LogP contribution in [0.1, 0.15) is 18.1 Å². The van der Waals surface area contributed by atoms with Crippen molar-refractivity contribution in [3.8, 4) is 0 Å². The van der Waals surface area contributed by atoms with Gasteiger partial charge in [0.15, 0.2) is 5.82 Å². The summed E-state index contributed by atoms with van der Waals surface area (Å²) in [7, 11) is 0. The van der Waals surface area contributed by atoms with E-state index in [0.29, 0.717) is 5.56 Å². The highest BCUT2D eigenvalue weighted by Gasteiger charge is 2.15. The Hall–Kier alpha value is -2.61. The van der Waals surface area contributed by atoms with Gasteiger partial charge in [-0.15, -0.1) is 0 Å². The van der Waals surface area contributed by atoms with Crippen molar-refractivity contribution < 1.29 is 23.6 Å². The Morgan fingerprint density at radius 1 is 1.30 bits per heavy atom. The first-order valence-corrected chi connectivity index (χ1v) is 5.86. The molecule has 0 fully saturated rings. The standard InChI is InChI=1S/C12H13N3O5/c16-9(8-2-5-19-7-8)1-4-13-11(17)12(18)14-10-3-6-20-15-10/h2-3,5-7,9,16H,1,4H2,(H,13,17)(H,14,15,18)/t9-/m1/s1. The molecular weight excluding hydrogens is 266 g/mol. The number of rotatable bonds is 5. The van der Waals surface area contributed by atoms with Gasteiger partial charge >= 0.3 is 11.8 Å². The minimum atomic E-state index is -0.850. The van der Waals surface area contributed by atoms with Crippen LogP contribution in [0, 0.1) is 0 Å². The van der Waals surface area contributed by atoms with Crippen molar-refractivity contribution in [3.63, 3.8) is 0 Å². The van der Waals surface area contributed by atoms with E-state index in [-0.39, 0.29) is 18.8 Å². The van der Waals surface area contributed by atoms with Gasteiger partial charge in [0.05, 0.1) is 18.6 Å². The van der Waals surface area contributed by atoms with Crippen molar-refractivity contribution in [2.24, 2.45) is 0 Å². The van der Waals surface area contributed by atoms with Gasteiger partial charge in [-0.3, -0.25) is 14.9 Å². The van der Waals surface area contributed by atoms with Crippen LogP contribution in [-0.4, -0.2) is 28.6 Å². The van der Waals surface area contributed by atoms with Crippen LogP contribution in [0.3, 0.4) is 0 Å². The van der Waals surface area contributed by atoms with Crippen molar-refractivity contribution in [1.82, 2.24) is 10.5 Å². The molecule has 2 heterocycles. The van der Waals surface area contributed by atoms with E-state index >= 15 is 0 Å². The van der Waals surface area contributed by atoms with E-state index in [2.05, 4.69) is 20.3 Å². The molecule has 0 aromatic carbocycles. The lowest BCUT2D eigenvalue weighted by atomic mass is 10.1. The topological polar surface area (TPSA) is 118 Å². The van der Waals surface area contributed by atoms with Gasteiger partial charge in [-0.1, -0.05) is 5.16 Å². The molecule has 2 rings (SSSR count). The third-order valence-corrected chi connectivity index (χ3v) is 2.52. The molecule has 8 heteroatoms. The third kappa shape index (κ3) is 3.69. The highest BCUT2D eigenvalue weighted by atomic mass is 16.5. The van der Waals surface area contributed by atoms with Crippen LogP contribution in [0.15, 0.2) is 39.9 Å². The second-order valence-electron chi connectivity index (χ2n) is 3.96. The normalized spacial score (nSPS) is 11.8. The number of nitrogens with zero attached hydrogens (tertiary/aromatic N) is 1. The van der Waals surface area contributed by atoms with Crippen LogP contribution in [0.2, 0.25) is 0 Å². The van der Waals surface area contributed by atoms with E-state index in [1.54, 1.807) is 6.07 Å². The van der Waals surface area contributed by atoms with Crippen LogP contribution >= 0.6 is 0 Å². The predicted molar refractivity (Wildman–Crippen MR) is 66.4 cm³/mol. The molecule has 3 N–H and O–H groups in total. The fourth-order valence-corrected chi connectivity index (χ4v) is 1.48. The Morgan fingerprint density at radius 3 is 2.80 bits per heavy atom. The lowest BCUT2D eigenvalue weighted by Gasteiger charge is -2.08. The lowest BCUT2D eigenvalue weighted by Crippen LogP contribution is -2.36. The van der Waals surface area contributed by atoms with E-state index in [1.807, 2.05) is 0 Å². The molecule has 106 valence electrons. The van der Waals surface area contributed by atoms with Gasteiger partial charge in [-0.05, 0) is 12.5 Å². The maximum absolute atomic E-state index is 11.5. The van der Waals surface area contributed by atoms with Gasteiger partial charge in [-0.2, -0.15) is 0 Å². The number of amides is 2. The number of hydrogen-bond acceptors (Lipinski definition) is 6. The molecule has 2 amide bonds. The summed E-state index contributed by atoms with van der Waals surface area (Å²) >= 11 is 0. The monoisotopic (exact) mass is 279 g/mol. The molecule has 2 aromatic rings. The van der Waals surface area contributed by atoms with Crippen LogP contribution in [0.4, 0.5) is 5.82 Å². The predicted octanol–water partition coefficient (Wildman–Crippen LogP) is 0.446. The van der Waals surface area contributed by atoms with Gasteiger partial charge < -0.3 is 19.4 Å². The Labute approximate surface area is 113 Å². The molecule has 8 nitrogen and oxygen atoms in total. The zero-order valence-electron chi connectivity index (χ0n) is 10.4.